The molecule has 0 aliphatic rings. The maximum atomic E-state index is 12.3. The molecule has 0 saturated heterocycles. The van der Waals surface area contributed by atoms with Gasteiger partial charge in [0.15, 0.2) is 5.58 Å². The molecule has 0 bridgehead atoms. The van der Waals surface area contributed by atoms with Crippen LogP contribution in [0.4, 0.5) is 0 Å². The predicted octanol–water partition coefficient (Wildman–Crippen LogP) is 3.95. The summed E-state index contributed by atoms with van der Waals surface area (Å²) in [4.78, 5) is 25.4. The number of para-hydroxylation sites is 2. The van der Waals surface area contributed by atoms with Gasteiger partial charge in [0.25, 0.3) is 0 Å². The lowest BCUT2D eigenvalue weighted by molar-refractivity contribution is -0.122. The van der Waals surface area contributed by atoms with Crippen LogP contribution in [0.2, 0.25) is 0 Å². The van der Waals surface area contributed by atoms with Crippen molar-refractivity contribution in [3.63, 3.8) is 0 Å². The highest BCUT2D eigenvalue weighted by molar-refractivity contribution is 7.10. The molecule has 3 aromatic rings. The molecule has 0 aliphatic carbocycles. The Hall–Kier alpha value is -2.34. The predicted molar refractivity (Wildman–Crippen MR) is 99.7 cm³/mol. The summed E-state index contributed by atoms with van der Waals surface area (Å²) in [6, 6.07) is 11.4. The SMILES string of the molecule is CC(C)[C@@H](NC(=O)CCCn1c(=O)oc2ccccc21)c1cccs1. The van der Waals surface area contributed by atoms with E-state index >= 15 is 0 Å². The van der Waals surface area contributed by atoms with Gasteiger partial charge in [-0.25, -0.2) is 4.79 Å². The van der Waals surface area contributed by atoms with Crippen LogP contribution in [0.25, 0.3) is 11.1 Å². The van der Waals surface area contributed by atoms with Gasteiger partial charge in [0, 0.05) is 17.8 Å². The summed E-state index contributed by atoms with van der Waals surface area (Å²) in [7, 11) is 0. The lowest BCUT2D eigenvalue weighted by atomic mass is 10.0. The Morgan fingerprint density at radius 1 is 1.24 bits per heavy atom. The minimum atomic E-state index is -0.375. The maximum Gasteiger partial charge on any atom is 0.419 e. The molecule has 1 aromatic carbocycles. The van der Waals surface area contributed by atoms with Crippen molar-refractivity contribution in [1.82, 2.24) is 9.88 Å². The van der Waals surface area contributed by atoms with Gasteiger partial charge in [-0.2, -0.15) is 0 Å². The van der Waals surface area contributed by atoms with E-state index in [0.29, 0.717) is 30.9 Å². The average Bonchev–Trinajstić information content (AvgIpc) is 3.21. The lowest BCUT2D eigenvalue weighted by Gasteiger charge is -2.21. The van der Waals surface area contributed by atoms with Crippen LogP contribution >= 0.6 is 11.3 Å². The van der Waals surface area contributed by atoms with Gasteiger partial charge >= 0.3 is 5.76 Å². The van der Waals surface area contributed by atoms with E-state index in [1.165, 1.54) is 4.88 Å². The summed E-state index contributed by atoms with van der Waals surface area (Å²) in [5, 5.41) is 5.13. The number of thiophene rings is 1. The van der Waals surface area contributed by atoms with Gasteiger partial charge in [0.1, 0.15) is 0 Å². The highest BCUT2D eigenvalue weighted by Gasteiger charge is 2.19. The number of rotatable bonds is 7. The molecule has 2 aromatic heterocycles. The Kier molecular flexibility index (Phi) is 5.38. The normalized spacial score (nSPS) is 12.6. The number of carbonyl (C=O) groups is 1. The second kappa shape index (κ2) is 7.70. The zero-order chi connectivity index (χ0) is 17.8. The van der Waals surface area contributed by atoms with Crippen LogP contribution in [0.3, 0.4) is 0 Å². The Morgan fingerprint density at radius 3 is 2.76 bits per heavy atom. The third kappa shape index (κ3) is 4.02. The van der Waals surface area contributed by atoms with Gasteiger partial charge in [-0.05, 0) is 35.9 Å². The summed E-state index contributed by atoms with van der Waals surface area (Å²) < 4.78 is 6.79. The molecule has 0 fully saturated rings. The molecule has 3 rings (SSSR count). The second-order valence-electron chi connectivity index (χ2n) is 6.40. The molecule has 1 amide bonds. The molecule has 2 heterocycles. The van der Waals surface area contributed by atoms with Crippen LogP contribution in [0, 0.1) is 5.92 Å². The van der Waals surface area contributed by atoms with Crippen molar-refractivity contribution >= 4 is 28.3 Å². The van der Waals surface area contributed by atoms with Crippen LogP contribution in [-0.4, -0.2) is 10.5 Å². The van der Waals surface area contributed by atoms with E-state index < -0.39 is 0 Å². The van der Waals surface area contributed by atoms with Crippen LogP contribution in [0.1, 0.15) is 37.6 Å². The number of aromatic nitrogens is 1. The number of nitrogens with one attached hydrogen (secondary N) is 1. The van der Waals surface area contributed by atoms with Crippen LogP contribution in [-0.2, 0) is 11.3 Å². The van der Waals surface area contributed by atoms with E-state index in [4.69, 9.17) is 4.42 Å². The standard InChI is InChI=1S/C19H22N2O3S/c1-13(2)18(16-9-6-12-25-16)20-17(22)10-5-11-21-14-7-3-4-8-15(14)24-19(21)23/h3-4,6-9,12-13,18H,5,10-11H2,1-2H3,(H,20,22)/t18-/m1/s1. The summed E-state index contributed by atoms with van der Waals surface area (Å²) in [5.41, 5.74) is 1.35. The van der Waals surface area contributed by atoms with Crippen molar-refractivity contribution in [1.29, 1.82) is 0 Å². The van der Waals surface area contributed by atoms with E-state index in [9.17, 15) is 9.59 Å². The first-order chi connectivity index (χ1) is 12.1. The molecule has 1 N–H and O–H groups in total. The second-order valence-corrected chi connectivity index (χ2v) is 7.37. The first kappa shape index (κ1) is 17.5. The minimum absolute atomic E-state index is 0.00736. The third-order valence-electron chi connectivity index (χ3n) is 4.19. The molecule has 1 atom stereocenters. The number of fused-ring (bicyclic) bond motifs is 1. The molecular weight excluding hydrogens is 336 g/mol. The molecule has 6 heteroatoms. The number of aryl methyl sites for hydroxylation is 1. The van der Waals surface area contributed by atoms with E-state index in [1.807, 2.05) is 35.7 Å². The largest absolute Gasteiger partial charge is 0.419 e. The zero-order valence-corrected chi connectivity index (χ0v) is 15.2. The molecule has 0 saturated carbocycles. The zero-order valence-electron chi connectivity index (χ0n) is 14.4. The van der Waals surface area contributed by atoms with Crippen molar-refractivity contribution in [3.8, 4) is 0 Å². The van der Waals surface area contributed by atoms with Gasteiger partial charge in [0.05, 0.1) is 11.6 Å². The summed E-state index contributed by atoms with van der Waals surface area (Å²) in [6.07, 6.45) is 0.963. The molecule has 0 unspecified atom stereocenters. The Bertz CT molecular complexity index is 893. The fourth-order valence-electron chi connectivity index (χ4n) is 2.90. The van der Waals surface area contributed by atoms with Gasteiger partial charge < -0.3 is 9.73 Å². The van der Waals surface area contributed by atoms with Gasteiger partial charge in [-0.3, -0.25) is 9.36 Å². The van der Waals surface area contributed by atoms with Crippen LogP contribution in [0.15, 0.2) is 51.0 Å². The average molecular weight is 358 g/mol. The van der Waals surface area contributed by atoms with Gasteiger partial charge in [-0.1, -0.05) is 32.0 Å². The van der Waals surface area contributed by atoms with Crippen molar-refractivity contribution in [2.75, 3.05) is 0 Å². The smallest absolute Gasteiger partial charge is 0.408 e. The highest BCUT2D eigenvalue weighted by atomic mass is 32.1. The number of nitrogens with zero attached hydrogens (tertiary/aromatic N) is 1. The van der Waals surface area contributed by atoms with Gasteiger partial charge in [0.2, 0.25) is 5.91 Å². The lowest BCUT2D eigenvalue weighted by Crippen LogP contribution is -2.31. The summed E-state index contributed by atoms with van der Waals surface area (Å²) in [6.45, 7) is 4.66. The number of hydrogen-bond donors (Lipinski definition) is 1. The minimum Gasteiger partial charge on any atom is -0.408 e. The molecule has 25 heavy (non-hydrogen) atoms. The van der Waals surface area contributed by atoms with E-state index in [1.54, 1.807) is 22.0 Å². The molecule has 0 radical (unpaired) electrons. The fourth-order valence-corrected chi connectivity index (χ4v) is 3.85. The molecular formula is C19H22N2O3S. The Morgan fingerprint density at radius 2 is 2.04 bits per heavy atom. The van der Waals surface area contributed by atoms with Crippen molar-refractivity contribution in [2.45, 2.75) is 39.3 Å². The molecule has 0 spiro atoms. The summed E-state index contributed by atoms with van der Waals surface area (Å²) in [5.74, 6) is -0.0452. The first-order valence-electron chi connectivity index (χ1n) is 8.47. The van der Waals surface area contributed by atoms with Crippen LogP contribution < -0.4 is 11.1 Å². The monoisotopic (exact) mass is 358 g/mol. The first-order valence-corrected chi connectivity index (χ1v) is 9.35. The Balaban J connectivity index is 1.59. The van der Waals surface area contributed by atoms with E-state index in [-0.39, 0.29) is 17.7 Å². The number of carbonyl (C=O) groups excluding carboxylic acids is 1. The quantitative estimate of drug-likeness (QED) is 0.695. The Labute approximate surface area is 150 Å². The van der Waals surface area contributed by atoms with Crippen molar-refractivity contribution < 1.29 is 9.21 Å². The number of oxazole rings is 1. The topological polar surface area (TPSA) is 64.2 Å². The van der Waals surface area contributed by atoms with Crippen molar-refractivity contribution in [2.24, 2.45) is 5.92 Å². The summed E-state index contributed by atoms with van der Waals surface area (Å²) >= 11 is 1.65. The van der Waals surface area contributed by atoms with Crippen molar-refractivity contribution in [3.05, 3.63) is 57.2 Å². The maximum absolute atomic E-state index is 12.3. The molecule has 0 aliphatic heterocycles. The number of hydrogen-bond acceptors (Lipinski definition) is 4. The fraction of sp³-hybridized carbons (Fsp3) is 0.368. The van der Waals surface area contributed by atoms with E-state index in [2.05, 4.69) is 19.2 Å². The molecule has 5 nitrogen and oxygen atoms in total. The van der Waals surface area contributed by atoms with Gasteiger partial charge in [-0.15, -0.1) is 11.3 Å². The number of benzene rings is 1. The number of amides is 1. The molecule has 132 valence electrons. The highest BCUT2D eigenvalue weighted by Crippen LogP contribution is 2.25. The van der Waals surface area contributed by atoms with Crippen LogP contribution in [0.5, 0.6) is 0 Å². The third-order valence-corrected chi connectivity index (χ3v) is 5.15. The van der Waals surface area contributed by atoms with E-state index in [0.717, 1.165) is 5.52 Å².